The van der Waals surface area contributed by atoms with Crippen LogP contribution < -0.4 is 0 Å². The topological polar surface area (TPSA) is 96.7 Å². The molecule has 170 valence electrons. The van der Waals surface area contributed by atoms with Gasteiger partial charge in [-0.25, -0.2) is 9.18 Å². The van der Waals surface area contributed by atoms with E-state index in [1.165, 1.54) is 12.1 Å². The molecule has 0 spiro atoms. The summed E-state index contributed by atoms with van der Waals surface area (Å²) in [4.78, 5) is 28.8. The van der Waals surface area contributed by atoms with Gasteiger partial charge in [-0.15, -0.1) is 0 Å². The van der Waals surface area contributed by atoms with E-state index in [0.29, 0.717) is 28.1 Å². The molecule has 2 heterocycles. The number of hydrogen-bond donors (Lipinski definition) is 2. The first-order chi connectivity index (χ1) is 15.1. The van der Waals surface area contributed by atoms with Gasteiger partial charge in [-0.2, -0.15) is 0 Å². The highest BCUT2D eigenvalue weighted by atomic mass is 19.1. The van der Waals surface area contributed by atoms with Gasteiger partial charge in [0.2, 0.25) is 0 Å². The number of aromatic nitrogens is 1. The van der Waals surface area contributed by atoms with E-state index in [1.807, 2.05) is 27.7 Å². The lowest BCUT2D eigenvalue weighted by Crippen LogP contribution is -2.31. The molecule has 6 nitrogen and oxygen atoms in total. The molecule has 1 aliphatic heterocycles. The van der Waals surface area contributed by atoms with Crippen LogP contribution in [0.15, 0.2) is 30.3 Å². The van der Waals surface area contributed by atoms with Crippen LogP contribution in [0.4, 0.5) is 4.39 Å². The number of aromatic carboxylic acids is 1. The highest BCUT2D eigenvalue weighted by Gasteiger charge is 2.28. The van der Waals surface area contributed by atoms with Crippen LogP contribution in [0.2, 0.25) is 0 Å². The Bertz CT molecular complexity index is 1040. The second kappa shape index (κ2) is 9.61. The van der Waals surface area contributed by atoms with Crippen molar-refractivity contribution in [3.63, 3.8) is 0 Å². The van der Waals surface area contributed by atoms with E-state index in [9.17, 15) is 24.2 Å². The fourth-order valence-electron chi connectivity index (χ4n) is 3.93. The Labute approximate surface area is 186 Å². The summed E-state index contributed by atoms with van der Waals surface area (Å²) in [6.45, 7) is 7.68. The molecule has 2 unspecified atom stereocenters. The minimum atomic E-state index is -1.12. The Morgan fingerprint density at radius 3 is 2.31 bits per heavy atom. The van der Waals surface area contributed by atoms with Crippen LogP contribution in [0, 0.1) is 5.82 Å². The number of halogens is 1. The van der Waals surface area contributed by atoms with Crippen molar-refractivity contribution >= 4 is 18.0 Å². The molecular weight excluding hydrogens is 413 g/mol. The maximum absolute atomic E-state index is 13.6. The summed E-state index contributed by atoms with van der Waals surface area (Å²) in [5.74, 6) is -2.21. The van der Waals surface area contributed by atoms with E-state index in [4.69, 9.17) is 9.72 Å². The summed E-state index contributed by atoms with van der Waals surface area (Å²) < 4.78 is 18.9. The lowest BCUT2D eigenvalue weighted by atomic mass is 9.86. The third-order valence-corrected chi connectivity index (χ3v) is 5.40. The zero-order valence-electron chi connectivity index (χ0n) is 18.6. The molecule has 1 saturated heterocycles. The first-order valence-corrected chi connectivity index (χ1v) is 10.7. The minimum absolute atomic E-state index is 0.0336. The van der Waals surface area contributed by atoms with Crippen LogP contribution in [0.5, 0.6) is 0 Å². The van der Waals surface area contributed by atoms with E-state index in [0.717, 1.165) is 0 Å². The molecular formula is C25H28FNO5. The van der Waals surface area contributed by atoms with Crippen LogP contribution in [0.3, 0.4) is 0 Å². The number of esters is 1. The van der Waals surface area contributed by atoms with E-state index in [2.05, 4.69) is 0 Å². The summed E-state index contributed by atoms with van der Waals surface area (Å²) in [5.41, 5.74) is 2.78. The first-order valence-electron chi connectivity index (χ1n) is 10.7. The molecule has 3 rings (SSSR count). The van der Waals surface area contributed by atoms with Gasteiger partial charge in [0.05, 0.1) is 29.5 Å². The maximum Gasteiger partial charge on any atom is 0.338 e. The van der Waals surface area contributed by atoms with Gasteiger partial charge in [-0.3, -0.25) is 9.78 Å². The number of benzene rings is 1. The first kappa shape index (κ1) is 23.6. The minimum Gasteiger partial charge on any atom is -0.478 e. The van der Waals surface area contributed by atoms with Gasteiger partial charge in [-0.1, -0.05) is 45.9 Å². The molecule has 0 radical (unpaired) electrons. The number of pyridine rings is 1. The van der Waals surface area contributed by atoms with Gasteiger partial charge in [0.25, 0.3) is 0 Å². The number of nitrogens with zero attached hydrogens (tertiary/aromatic N) is 1. The molecule has 1 fully saturated rings. The van der Waals surface area contributed by atoms with Crippen molar-refractivity contribution in [1.29, 1.82) is 0 Å². The second-order valence-electron chi connectivity index (χ2n) is 8.65. The van der Waals surface area contributed by atoms with Crippen LogP contribution in [0.1, 0.15) is 79.7 Å². The van der Waals surface area contributed by atoms with Crippen molar-refractivity contribution in [3.8, 4) is 11.1 Å². The van der Waals surface area contributed by atoms with Gasteiger partial charge >= 0.3 is 11.9 Å². The predicted molar refractivity (Wildman–Crippen MR) is 119 cm³/mol. The van der Waals surface area contributed by atoms with Crippen LogP contribution in [-0.4, -0.2) is 39.3 Å². The normalized spacial score (nSPS) is 19.1. The predicted octanol–water partition coefficient (Wildman–Crippen LogP) is 4.91. The quantitative estimate of drug-likeness (QED) is 0.618. The average molecular weight is 441 g/mol. The summed E-state index contributed by atoms with van der Waals surface area (Å²) in [7, 11) is 0. The molecule has 1 aromatic heterocycles. The molecule has 2 N–H and O–H groups in total. The monoisotopic (exact) mass is 441 g/mol. The molecule has 2 atom stereocenters. The van der Waals surface area contributed by atoms with E-state index in [1.54, 1.807) is 24.3 Å². The fraction of sp³-hybridized carbons (Fsp3) is 0.400. The maximum atomic E-state index is 13.6. The summed E-state index contributed by atoms with van der Waals surface area (Å²) in [6.07, 6.45) is 2.14. The molecule has 7 heteroatoms. The van der Waals surface area contributed by atoms with Crippen molar-refractivity contribution in [3.05, 3.63) is 58.7 Å². The number of hydrogen-bond acceptors (Lipinski definition) is 5. The lowest BCUT2D eigenvalue weighted by Gasteiger charge is -2.24. The van der Waals surface area contributed by atoms with Gasteiger partial charge in [0.1, 0.15) is 11.9 Å². The Morgan fingerprint density at radius 1 is 1.16 bits per heavy atom. The van der Waals surface area contributed by atoms with Gasteiger partial charge in [0, 0.05) is 17.5 Å². The summed E-state index contributed by atoms with van der Waals surface area (Å²) >= 11 is 0. The van der Waals surface area contributed by atoms with Crippen molar-refractivity contribution in [2.75, 3.05) is 0 Å². The van der Waals surface area contributed by atoms with Crippen LogP contribution >= 0.6 is 0 Å². The number of carboxylic acid groups (broad SMARTS) is 1. The number of aliphatic hydroxyl groups excluding tert-OH is 1. The highest BCUT2D eigenvalue weighted by molar-refractivity contribution is 6.00. The SMILES string of the molecule is CC(C)c1nc(C(C)C)c(C(=O)O)c(-c2ccc(F)cc2)c1/C=C/C1CC(O)CC(=O)O1. The Balaban J connectivity index is 2.28. The standard InChI is InChI=1S/C25H28FNO5/c1-13(2)23-19(10-9-18-11-17(28)12-20(29)32-18)21(15-5-7-16(26)8-6-15)22(25(30)31)24(27-23)14(3)4/h5-10,13-14,17-18,28H,11-12H2,1-4H3,(H,30,31)/b10-9+. The molecule has 2 aromatic rings. The molecule has 1 aromatic carbocycles. The van der Waals surface area contributed by atoms with Crippen molar-refractivity contribution in [2.45, 2.75) is 64.6 Å². The molecule has 1 aliphatic rings. The van der Waals surface area contributed by atoms with Crippen molar-refractivity contribution in [2.24, 2.45) is 0 Å². The largest absolute Gasteiger partial charge is 0.478 e. The van der Waals surface area contributed by atoms with E-state index < -0.39 is 30.0 Å². The number of carbonyl (C=O) groups is 2. The van der Waals surface area contributed by atoms with Crippen LogP contribution in [-0.2, 0) is 9.53 Å². The third-order valence-electron chi connectivity index (χ3n) is 5.40. The zero-order valence-corrected chi connectivity index (χ0v) is 18.6. The Kier molecular flexibility index (Phi) is 7.09. The third kappa shape index (κ3) is 5.05. The number of carboxylic acids is 1. The van der Waals surface area contributed by atoms with E-state index >= 15 is 0 Å². The summed E-state index contributed by atoms with van der Waals surface area (Å²) in [5, 5.41) is 20.0. The van der Waals surface area contributed by atoms with Crippen molar-refractivity contribution in [1.82, 2.24) is 4.98 Å². The lowest BCUT2D eigenvalue weighted by molar-refractivity contribution is -0.156. The molecule has 0 saturated carbocycles. The van der Waals surface area contributed by atoms with E-state index in [-0.39, 0.29) is 30.2 Å². The molecule has 0 bridgehead atoms. The Morgan fingerprint density at radius 2 is 1.78 bits per heavy atom. The number of aliphatic hydroxyl groups is 1. The molecule has 0 aliphatic carbocycles. The molecule has 0 amide bonds. The van der Waals surface area contributed by atoms with Gasteiger partial charge in [0.15, 0.2) is 0 Å². The number of ether oxygens (including phenoxy) is 1. The molecule has 32 heavy (non-hydrogen) atoms. The second-order valence-corrected chi connectivity index (χ2v) is 8.65. The van der Waals surface area contributed by atoms with Crippen LogP contribution in [0.25, 0.3) is 17.2 Å². The highest BCUT2D eigenvalue weighted by Crippen LogP contribution is 2.37. The summed E-state index contributed by atoms with van der Waals surface area (Å²) in [6, 6.07) is 5.68. The number of rotatable bonds is 6. The van der Waals surface area contributed by atoms with Crippen molar-refractivity contribution < 1.29 is 28.9 Å². The smallest absolute Gasteiger partial charge is 0.338 e. The van der Waals surface area contributed by atoms with Gasteiger partial charge in [-0.05, 0) is 35.6 Å². The average Bonchev–Trinajstić information content (AvgIpc) is 2.70. The van der Waals surface area contributed by atoms with Gasteiger partial charge < -0.3 is 14.9 Å². The Hall–Kier alpha value is -3.06. The zero-order chi connectivity index (χ0) is 23.6. The number of carbonyl (C=O) groups excluding carboxylic acids is 1. The number of cyclic esters (lactones) is 1. The fourth-order valence-corrected chi connectivity index (χ4v) is 3.93.